The van der Waals surface area contributed by atoms with Crippen molar-refractivity contribution in [2.24, 2.45) is 0 Å². The van der Waals surface area contributed by atoms with E-state index in [1.54, 1.807) is 24.3 Å². The van der Waals surface area contributed by atoms with Gasteiger partial charge in [-0.1, -0.05) is 36.4 Å². The Kier molecular flexibility index (Phi) is 4.21. The fraction of sp³-hybridized carbons (Fsp3) is 0.167. The van der Waals surface area contributed by atoms with E-state index in [1.807, 2.05) is 36.4 Å². The molecule has 1 aliphatic heterocycles. The van der Waals surface area contributed by atoms with Crippen LogP contribution >= 0.6 is 0 Å². The van der Waals surface area contributed by atoms with E-state index in [0.29, 0.717) is 12.2 Å². The van der Waals surface area contributed by atoms with Crippen LogP contribution in [-0.4, -0.2) is 30.4 Å². The van der Waals surface area contributed by atoms with Crippen molar-refractivity contribution in [1.82, 2.24) is 0 Å². The number of carbonyl (C=O) groups is 1. The number of benzene rings is 2. The molecule has 0 bridgehead atoms. The molecule has 112 valence electrons. The van der Waals surface area contributed by atoms with Crippen molar-refractivity contribution in [3.63, 3.8) is 0 Å². The number of rotatable bonds is 6. The van der Waals surface area contributed by atoms with Gasteiger partial charge in [-0.25, -0.2) is 4.79 Å². The lowest BCUT2D eigenvalue weighted by Crippen LogP contribution is -2.03. The number of ether oxygens (including phenoxy) is 2. The van der Waals surface area contributed by atoms with Gasteiger partial charge in [0.05, 0.1) is 12.2 Å². The van der Waals surface area contributed by atoms with Gasteiger partial charge in [0.25, 0.3) is 0 Å². The third-order valence-corrected chi connectivity index (χ3v) is 3.34. The summed E-state index contributed by atoms with van der Waals surface area (Å²) in [5.41, 5.74) is 2.30. The standard InChI is InChI=1S/C18H16O4/c19-18(20)15-7-3-13(4-8-15)1-2-14-5-9-16(10-6-14)21-11-17-12-22-17/h1-10,17H,11-12H2,(H,19,20). The van der Waals surface area contributed by atoms with Crippen LogP contribution in [0.2, 0.25) is 0 Å². The van der Waals surface area contributed by atoms with E-state index in [1.165, 1.54) is 0 Å². The molecule has 1 saturated heterocycles. The summed E-state index contributed by atoms with van der Waals surface area (Å²) >= 11 is 0. The van der Waals surface area contributed by atoms with Crippen molar-refractivity contribution < 1.29 is 19.4 Å². The normalized spacial score (nSPS) is 16.6. The summed E-state index contributed by atoms with van der Waals surface area (Å²) < 4.78 is 10.7. The molecule has 2 aromatic rings. The van der Waals surface area contributed by atoms with Crippen LogP contribution in [0.4, 0.5) is 0 Å². The first-order valence-electron chi connectivity index (χ1n) is 7.06. The molecule has 0 aromatic heterocycles. The lowest BCUT2D eigenvalue weighted by Gasteiger charge is -2.04. The minimum atomic E-state index is -0.914. The molecule has 4 nitrogen and oxygen atoms in total. The third-order valence-electron chi connectivity index (χ3n) is 3.34. The average Bonchev–Trinajstić information content (AvgIpc) is 3.36. The molecule has 2 aromatic carbocycles. The minimum Gasteiger partial charge on any atom is -0.491 e. The Morgan fingerprint density at radius 1 is 1.09 bits per heavy atom. The van der Waals surface area contributed by atoms with Gasteiger partial charge in [-0.15, -0.1) is 0 Å². The first-order valence-corrected chi connectivity index (χ1v) is 7.06. The molecule has 0 aliphatic carbocycles. The number of epoxide rings is 1. The van der Waals surface area contributed by atoms with E-state index in [4.69, 9.17) is 14.6 Å². The van der Waals surface area contributed by atoms with E-state index in [0.717, 1.165) is 23.5 Å². The molecule has 1 fully saturated rings. The van der Waals surface area contributed by atoms with Gasteiger partial charge in [0.1, 0.15) is 18.5 Å². The Bertz CT molecular complexity index is 667. The molecule has 0 spiro atoms. The van der Waals surface area contributed by atoms with Crippen LogP contribution in [0.3, 0.4) is 0 Å². The maximum atomic E-state index is 10.8. The molecule has 4 heteroatoms. The zero-order chi connectivity index (χ0) is 15.4. The zero-order valence-corrected chi connectivity index (χ0v) is 11.9. The van der Waals surface area contributed by atoms with Crippen molar-refractivity contribution in [1.29, 1.82) is 0 Å². The lowest BCUT2D eigenvalue weighted by molar-refractivity contribution is 0.0697. The summed E-state index contributed by atoms with van der Waals surface area (Å²) in [6.45, 7) is 1.40. The second kappa shape index (κ2) is 6.45. The van der Waals surface area contributed by atoms with Crippen LogP contribution in [0.25, 0.3) is 12.2 Å². The van der Waals surface area contributed by atoms with Gasteiger partial charge < -0.3 is 14.6 Å². The van der Waals surface area contributed by atoms with Crippen LogP contribution in [-0.2, 0) is 4.74 Å². The number of aromatic carboxylic acids is 1. The van der Waals surface area contributed by atoms with Crippen molar-refractivity contribution in [2.45, 2.75) is 6.10 Å². The monoisotopic (exact) mass is 296 g/mol. The molecule has 3 rings (SSSR count). The summed E-state index contributed by atoms with van der Waals surface area (Å²) in [6, 6.07) is 14.6. The molecule has 22 heavy (non-hydrogen) atoms. The summed E-state index contributed by atoms with van der Waals surface area (Å²) in [4.78, 5) is 10.8. The molecule has 1 atom stereocenters. The fourth-order valence-electron chi connectivity index (χ4n) is 1.96. The predicted molar refractivity (Wildman–Crippen MR) is 84.0 cm³/mol. The molecule has 1 aliphatic rings. The smallest absolute Gasteiger partial charge is 0.335 e. The molecule has 1 N–H and O–H groups in total. The topological polar surface area (TPSA) is 59.1 Å². The highest BCUT2D eigenvalue weighted by molar-refractivity contribution is 5.88. The number of carboxylic acid groups (broad SMARTS) is 1. The van der Waals surface area contributed by atoms with Crippen molar-refractivity contribution in [3.8, 4) is 5.75 Å². The number of hydrogen-bond donors (Lipinski definition) is 1. The summed E-state index contributed by atoms with van der Waals surface area (Å²) in [5, 5.41) is 8.85. The van der Waals surface area contributed by atoms with Gasteiger partial charge in [-0.05, 0) is 35.4 Å². The average molecular weight is 296 g/mol. The highest BCUT2D eigenvalue weighted by Crippen LogP contribution is 2.17. The Labute approximate surface area is 128 Å². The Hall–Kier alpha value is -2.59. The maximum absolute atomic E-state index is 10.8. The van der Waals surface area contributed by atoms with Crippen LogP contribution in [0.1, 0.15) is 21.5 Å². The quantitative estimate of drug-likeness (QED) is 0.656. The van der Waals surface area contributed by atoms with E-state index in [9.17, 15) is 4.79 Å². The highest BCUT2D eigenvalue weighted by atomic mass is 16.6. The second-order valence-electron chi connectivity index (χ2n) is 5.10. The van der Waals surface area contributed by atoms with Gasteiger partial charge in [-0.3, -0.25) is 0 Å². The third kappa shape index (κ3) is 3.96. The number of carboxylic acids is 1. The molecule has 1 unspecified atom stereocenters. The van der Waals surface area contributed by atoms with Crippen LogP contribution in [0.5, 0.6) is 5.75 Å². The summed E-state index contributed by atoms with van der Waals surface area (Å²) in [5.74, 6) is -0.0822. The molecular formula is C18H16O4. The first kappa shape index (κ1) is 14.4. The maximum Gasteiger partial charge on any atom is 0.335 e. The summed E-state index contributed by atoms with van der Waals surface area (Å²) in [6.07, 6.45) is 4.18. The fourth-order valence-corrected chi connectivity index (χ4v) is 1.96. The molecule has 1 heterocycles. The lowest BCUT2D eigenvalue weighted by atomic mass is 10.1. The van der Waals surface area contributed by atoms with Gasteiger partial charge in [0, 0.05) is 0 Å². The Morgan fingerprint density at radius 3 is 2.14 bits per heavy atom. The zero-order valence-electron chi connectivity index (χ0n) is 11.9. The molecule has 0 amide bonds. The molecule has 0 radical (unpaired) electrons. The van der Waals surface area contributed by atoms with Crippen molar-refractivity contribution in [3.05, 3.63) is 65.2 Å². The summed E-state index contributed by atoms with van der Waals surface area (Å²) in [7, 11) is 0. The largest absolute Gasteiger partial charge is 0.491 e. The predicted octanol–water partition coefficient (Wildman–Crippen LogP) is 3.33. The molecular weight excluding hydrogens is 280 g/mol. The van der Waals surface area contributed by atoms with Gasteiger partial charge in [0.15, 0.2) is 0 Å². The van der Waals surface area contributed by atoms with Crippen LogP contribution in [0, 0.1) is 0 Å². The van der Waals surface area contributed by atoms with Crippen LogP contribution < -0.4 is 4.74 Å². The van der Waals surface area contributed by atoms with Gasteiger partial charge in [0.2, 0.25) is 0 Å². The first-order chi connectivity index (χ1) is 10.7. The van der Waals surface area contributed by atoms with E-state index in [-0.39, 0.29) is 6.10 Å². The van der Waals surface area contributed by atoms with Crippen molar-refractivity contribution in [2.75, 3.05) is 13.2 Å². The second-order valence-corrected chi connectivity index (χ2v) is 5.10. The van der Waals surface area contributed by atoms with Gasteiger partial charge >= 0.3 is 5.97 Å². The number of hydrogen-bond acceptors (Lipinski definition) is 3. The van der Waals surface area contributed by atoms with Gasteiger partial charge in [-0.2, -0.15) is 0 Å². The Balaban J connectivity index is 1.60. The highest BCUT2D eigenvalue weighted by Gasteiger charge is 2.22. The van der Waals surface area contributed by atoms with E-state index >= 15 is 0 Å². The van der Waals surface area contributed by atoms with Crippen molar-refractivity contribution >= 4 is 18.1 Å². The minimum absolute atomic E-state index is 0.258. The Morgan fingerprint density at radius 2 is 1.64 bits per heavy atom. The molecule has 0 saturated carbocycles. The SMILES string of the molecule is O=C(O)c1ccc(C=Cc2ccc(OCC3CO3)cc2)cc1. The van der Waals surface area contributed by atoms with E-state index in [2.05, 4.69) is 0 Å². The van der Waals surface area contributed by atoms with E-state index < -0.39 is 5.97 Å². The van der Waals surface area contributed by atoms with Crippen LogP contribution in [0.15, 0.2) is 48.5 Å².